The topological polar surface area (TPSA) is 3.24 Å². The minimum absolute atomic E-state index is 0.253. The van der Waals surface area contributed by atoms with Gasteiger partial charge in [-0.05, 0) is 155 Å². The fraction of sp³-hybridized carbons (Fsp3) is 0.255. The highest BCUT2D eigenvalue weighted by Gasteiger charge is 2.27. The molecule has 0 heterocycles. The SMILES string of the molecule is BC(C)(C)N(/C(C=C)=C/C=C(\C=C)C(C)CC)/C(C=C)=C/C=C(C=C)/C(C=C)=C/C1=C(C=C)c2cc3c(cc2C1)C(C=C)=C(/C=C(\C=C)C(C)CC)C3. The lowest BCUT2D eigenvalue weighted by molar-refractivity contribution is 0.327. The van der Waals surface area contributed by atoms with Gasteiger partial charge in [-0.2, -0.15) is 0 Å². The second-order valence-electron chi connectivity index (χ2n) is 14.9. The number of hydrogen-bond acceptors (Lipinski definition) is 1. The molecular formula is C51H62BN. The van der Waals surface area contributed by atoms with E-state index in [4.69, 9.17) is 0 Å². The molecule has 2 atom stereocenters. The summed E-state index contributed by atoms with van der Waals surface area (Å²) >= 11 is 0. The van der Waals surface area contributed by atoms with Gasteiger partial charge in [0.25, 0.3) is 0 Å². The Bertz CT molecular complexity index is 1930. The van der Waals surface area contributed by atoms with Crippen molar-refractivity contribution in [3.63, 3.8) is 0 Å². The largest absolute Gasteiger partial charge is 0.344 e. The van der Waals surface area contributed by atoms with Crippen molar-refractivity contribution in [1.82, 2.24) is 4.90 Å². The molecule has 274 valence electrons. The summed E-state index contributed by atoms with van der Waals surface area (Å²) in [5.74, 6) is 0.880. The maximum atomic E-state index is 4.25. The average Bonchev–Trinajstić information content (AvgIpc) is 3.67. The van der Waals surface area contributed by atoms with Gasteiger partial charge in [0.1, 0.15) is 7.85 Å². The lowest BCUT2D eigenvalue weighted by atomic mass is 9.79. The highest BCUT2D eigenvalue weighted by atomic mass is 15.2. The van der Waals surface area contributed by atoms with Gasteiger partial charge in [-0.3, -0.25) is 0 Å². The van der Waals surface area contributed by atoms with Crippen LogP contribution in [0.2, 0.25) is 0 Å². The van der Waals surface area contributed by atoms with Crippen LogP contribution in [0.1, 0.15) is 76.6 Å². The summed E-state index contributed by atoms with van der Waals surface area (Å²) in [5.41, 5.74) is 16.1. The third kappa shape index (κ3) is 9.68. The van der Waals surface area contributed by atoms with E-state index in [1.165, 1.54) is 50.1 Å². The smallest absolute Gasteiger partial charge is 0.134 e. The molecule has 2 aliphatic carbocycles. The molecule has 53 heavy (non-hydrogen) atoms. The van der Waals surface area contributed by atoms with Crippen LogP contribution < -0.4 is 0 Å². The maximum absolute atomic E-state index is 4.25. The summed E-state index contributed by atoms with van der Waals surface area (Å²) < 4.78 is 0. The predicted octanol–water partition coefficient (Wildman–Crippen LogP) is 13.0. The number of hydrogen-bond donors (Lipinski definition) is 0. The minimum Gasteiger partial charge on any atom is -0.344 e. The van der Waals surface area contributed by atoms with E-state index in [2.05, 4.69) is 156 Å². The zero-order valence-corrected chi connectivity index (χ0v) is 33.8. The van der Waals surface area contributed by atoms with Crippen molar-refractivity contribution < 1.29 is 0 Å². The summed E-state index contributed by atoms with van der Waals surface area (Å²) in [6.45, 7) is 46.7. The zero-order chi connectivity index (χ0) is 39.5. The number of benzene rings is 1. The molecule has 0 fully saturated rings. The summed E-state index contributed by atoms with van der Waals surface area (Å²) in [6.07, 6.45) is 32.4. The van der Waals surface area contributed by atoms with Crippen LogP contribution in [-0.4, -0.2) is 18.2 Å². The molecule has 0 saturated heterocycles. The van der Waals surface area contributed by atoms with Gasteiger partial charge in [0.2, 0.25) is 0 Å². The fourth-order valence-corrected chi connectivity index (χ4v) is 7.16. The van der Waals surface area contributed by atoms with Crippen molar-refractivity contribution >= 4 is 19.0 Å². The Kier molecular flexibility index (Phi) is 15.3. The molecule has 1 aromatic carbocycles. The van der Waals surface area contributed by atoms with Gasteiger partial charge in [-0.25, -0.2) is 0 Å². The Balaban J connectivity index is 2.08. The van der Waals surface area contributed by atoms with Crippen LogP contribution in [0.5, 0.6) is 0 Å². The summed E-state index contributed by atoms with van der Waals surface area (Å²) in [6, 6.07) is 4.73. The van der Waals surface area contributed by atoms with E-state index in [0.717, 1.165) is 53.8 Å². The quantitative estimate of drug-likeness (QED) is 0.0967. The van der Waals surface area contributed by atoms with Gasteiger partial charge >= 0.3 is 0 Å². The van der Waals surface area contributed by atoms with Crippen molar-refractivity contribution in [2.45, 2.75) is 72.7 Å². The molecule has 0 spiro atoms. The summed E-state index contributed by atoms with van der Waals surface area (Å²) in [5, 5.41) is 0. The molecule has 0 saturated carbocycles. The van der Waals surface area contributed by atoms with E-state index >= 15 is 0 Å². The average molecular weight is 700 g/mol. The van der Waals surface area contributed by atoms with E-state index in [1.807, 2.05) is 48.6 Å². The van der Waals surface area contributed by atoms with Crippen LogP contribution in [0.3, 0.4) is 0 Å². The highest BCUT2D eigenvalue weighted by molar-refractivity contribution is 6.15. The molecule has 0 aromatic heterocycles. The Labute approximate surface area is 324 Å². The molecule has 0 aliphatic heterocycles. The van der Waals surface area contributed by atoms with Crippen molar-refractivity contribution in [2.24, 2.45) is 11.8 Å². The lowest BCUT2D eigenvalue weighted by Crippen LogP contribution is -2.42. The van der Waals surface area contributed by atoms with Crippen LogP contribution in [0, 0.1) is 11.8 Å². The first-order chi connectivity index (χ1) is 25.3. The van der Waals surface area contributed by atoms with Crippen LogP contribution in [0.15, 0.2) is 195 Å². The summed E-state index contributed by atoms with van der Waals surface area (Å²) in [7, 11) is 2.19. The van der Waals surface area contributed by atoms with E-state index < -0.39 is 0 Å². The number of rotatable bonds is 20. The van der Waals surface area contributed by atoms with Gasteiger partial charge in [0.15, 0.2) is 0 Å². The Morgan fingerprint density at radius 2 is 1.09 bits per heavy atom. The van der Waals surface area contributed by atoms with Crippen LogP contribution in [0.25, 0.3) is 11.1 Å². The molecule has 0 amide bonds. The number of nitrogens with zero attached hydrogens (tertiary/aromatic N) is 1. The van der Waals surface area contributed by atoms with Crippen LogP contribution >= 0.6 is 0 Å². The molecule has 2 aliphatic rings. The van der Waals surface area contributed by atoms with E-state index in [1.54, 1.807) is 0 Å². The van der Waals surface area contributed by atoms with Crippen molar-refractivity contribution in [1.29, 1.82) is 0 Å². The number of fused-ring (bicyclic) bond motifs is 2. The lowest BCUT2D eigenvalue weighted by Gasteiger charge is -2.39. The molecule has 2 heteroatoms. The molecular weight excluding hydrogens is 637 g/mol. The zero-order valence-electron chi connectivity index (χ0n) is 33.8. The van der Waals surface area contributed by atoms with Gasteiger partial charge in [0.05, 0.1) is 0 Å². The maximum Gasteiger partial charge on any atom is 0.134 e. The third-order valence-corrected chi connectivity index (χ3v) is 10.5. The monoisotopic (exact) mass is 699 g/mol. The van der Waals surface area contributed by atoms with Gasteiger partial charge in [-0.1, -0.05) is 141 Å². The third-order valence-electron chi connectivity index (χ3n) is 10.5. The first-order valence-corrected chi connectivity index (χ1v) is 19.0. The number of allylic oxidation sites excluding steroid dienone is 22. The first-order valence-electron chi connectivity index (χ1n) is 19.0. The predicted molar refractivity (Wildman–Crippen MR) is 241 cm³/mol. The second kappa shape index (κ2) is 19.1. The Morgan fingerprint density at radius 3 is 1.49 bits per heavy atom. The molecule has 0 N–H and O–H groups in total. The van der Waals surface area contributed by atoms with Gasteiger partial charge < -0.3 is 4.90 Å². The standard InChI is InChI=1S/C51H62BN/c1-15-35(11)37(17-3)25-27-45(21-7)53(51(13,14)52)46(22-8)28-26-38(18-4)40(20-6)30-42-32-44-34-49-43(33-50(44)48(42)24-10)31-41(47(49)23-9)29-39(19-5)36(12)16-2/h17-30,33-36H,3-10,15-16,31-32,52H2,1-2,11-14H3/b37-25+,38-26+,39-29+,40-30+,45-27+,46-28+. The normalized spacial score (nSPS) is 16.8. The van der Waals surface area contributed by atoms with Gasteiger partial charge in [0, 0.05) is 16.8 Å². The van der Waals surface area contributed by atoms with E-state index in [0.29, 0.717) is 11.8 Å². The minimum atomic E-state index is -0.253. The van der Waals surface area contributed by atoms with Crippen LogP contribution in [-0.2, 0) is 12.8 Å². The van der Waals surface area contributed by atoms with E-state index in [9.17, 15) is 0 Å². The molecule has 0 bridgehead atoms. The van der Waals surface area contributed by atoms with E-state index in [-0.39, 0.29) is 5.44 Å². The first kappa shape index (κ1) is 42.3. The highest BCUT2D eigenvalue weighted by Crippen LogP contribution is 2.43. The molecule has 1 nitrogen and oxygen atoms in total. The fourth-order valence-electron chi connectivity index (χ4n) is 7.16. The van der Waals surface area contributed by atoms with Gasteiger partial charge in [-0.15, -0.1) is 0 Å². The Morgan fingerprint density at radius 1 is 0.642 bits per heavy atom. The Hall–Kier alpha value is -5.08. The summed E-state index contributed by atoms with van der Waals surface area (Å²) in [4.78, 5) is 2.26. The molecule has 1 aromatic rings. The molecule has 2 unspecified atom stereocenters. The molecule has 3 rings (SSSR count). The molecule has 0 radical (unpaired) electrons. The van der Waals surface area contributed by atoms with Crippen LogP contribution in [0.4, 0.5) is 0 Å². The van der Waals surface area contributed by atoms with Crippen molar-refractivity contribution in [2.75, 3.05) is 0 Å². The van der Waals surface area contributed by atoms with Crippen molar-refractivity contribution in [3.05, 3.63) is 217 Å². The van der Waals surface area contributed by atoms with Crippen molar-refractivity contribution in [3.8, 4) is 0 Å². The second-order valence-corrected chi connectivity index (χ2v) is 14.9.